The molecule has 2 heterocycles. The van der Waals surface area contributed by atoms with Crippen molar-refractivity contribution in [1.29, 1.82) is 0 Å². The molecule has 0 radical (unpaired) electrons. The van der Waals surface area contributed by atoms with Gasteiger partial charge in [0.1, 0.15) is 16.6 Å². The molecule has 2 aromatic heterocycles. The van der Waals surface area contributed by atoms with Gasteiger partial charge in [-0.3, -0.25) is 4.79 Å². The molecule has 4 aromatic rings. The molecule has 2 aromatic carbocycles. The van der Waals surface area contributed by atoms with Crippen LogP contribution in [-0.2, 0) is 11.2 Å². The maximum atomic E-state index is 13.1. The van der Waals surface area contributed by atoms with E-state index < -0.39 is 0 Å². The fourth-order valence-electron chi connectivity index (χ4n) is 2.85. The van der Waals surface area contributed by atoms with E-state index in [1.54, 1.807) is 12.1 Å². The number of amides is 1. The first kappa shape index (κ1) is 21.1. The summed E-state index contributed by atoms with van der Waals surface area (Å²) in [5.74, 6) is 0.362. The maximum absolute atomic E-state index is 13.1. The molecule has 158 valence electrons. The van der Waals surface area contributed by atoms with Gasteiger partial charge in [-0.15, -0.1) is 22.7 Å². The number of rotatable bonds is 8. The highest BCUT2D eigenvalue weighted by molar-refractivity contribution is 7.14. The highest BCUT2D eigenvalue weighted by Gasteiger charge is 2.12. The van der Waals surface area contributed by atoms with Gasteiger partial charge in [-0.1, -0.05) is 6.92 Å². The maximum Gasteiger partial charge on any atom is 0.232 e. The van der Waals surface area contributed by atoms with Gasteiger partial charge < -0.3 is 10.1 Å². The van der Waals surface area contributed by atoms with Crippen LogP contribution in [0.2, 0.25) is 0 Å². The largest absolute Gasteiger partial charge is 0.494 e. The fraction of sp³-hybridized carbons (Fsp3) is 0.174. The van der Waals surface area contributed by atoms with Gasteiger partial charge >= 0.3 is 0 Å². The Hall–Kier alpha value is -3.10. The number of nitrogens with one attached hydrogen (secondary N) is 1. The van der Waals surface area contributed by atoms with E-state index in [1.165, 1.54) is 34.8 Å². The second kappa shape index (κ2) is 9.80. The predicted octanol–water partition coefficient (Wildman–Crippen LogP) is 6.04. The van der Waals surface area contributed by atoms with E-state index in [0.29, 0.717) is 17.4 Å². The minimum atomic E-state index is -0.288. The summed E-state index contributed by atoms with van der Waals surface area (Å²) in [6.07, 6.45) is 1.11. The van der Waals surface area contributed by atoms with Crippen molar-refractivity contribution in [1.82, 2.24) is 9.97 Å². The molecule has 0 aliphatic carbocycles. The van der Waals surface area contributed by atoms with Crippen LogP contribution >= 0.6 is 22.7 Å². The zero-order chi connectivity index (χ0) is 21.6. The molecular formula is C23H20FN3O2S2. The lowest BCUT2D eigenvalue weighted by atomic mass is 10.2. The SMILES string of the molecule is CCCOc1ccc(-c2csc(NC(=O)Cc3csc(-c4ccc(F)cc4)n3)n2)cc1. The van der Waals surface area contributed by atoms with Crippen molar-refractivity contribution in [2.45, 2.75) is 19.8 Å². The molecule has 0 fully saturated rings. The Morgan fingerprint density at radius 1 is 1.00 bits per heavy atom. The third kappa shape index (κ3) is 5.53. The van der Waals surface area contributed by atoms with Crippen LogP contribution in [0.3, 0.4) is 0 Å². The number of nitrogens with zero attached hydrogens (tertiary/aromatic N) is 2. The normalized spacial score (nSPS) is 10.8. The molecule has 4 rings (SSSR count). The Labute approximate surface area is 187 Å². The van der Waals surface area contributed by atoms with Crippen LogP contribution in [0.5, 0.6) is 5.75 Å². The molecule has 0 saturated heterocycles. The Kier molecular flexibility index (Phi) is 6.69. The molecule has 0 bridgehead atoms. The van der Waals surface area contributed by atoms with Crippen molar-refractivity contribution in [2.75, 3.05) is 11.9 Å². The topological polar surface area (TPSA) is 64.1 Å². The Balaban J connectivity index is 1.35. The molecule has 0 saturated carbocycles. The number of carbonyl (C=O) groups excluding carboxylic acids is 1. The van der Waals surface area contributed by atoms with Gasteiger partial charge in [0, 0.05) is 21.9 Å². The van der Waals surface area contributed by atoms with Crippen molar-refractivity contribution in [3.05, 3.63) is 70.8 Å². The van der Waals surface area contributed by atoms with E-state index in [0.717, 1.165) is 34.0 Å². The molecular weight excluding hydrogens is 433 g/mol. The number of aromatic nitrogens is 2. The van der Waals surface area contributed by atoms with Crippen molar-refractivity contribution >= 4 is 33.7 Å². The summed E-state index contributed by atoms with van der Waals surface area (Å²) in [5, 5.41) is 7.88. The average molecular weight is 454 g/mol. The third-order valence-corrected chi connectivity index (χ3v) is 6.06. The standard InChI is InChI=1S/C23H20FN3O2S2/c1-2-11-29-19-9-5-15(6-10-19)20-14-31-23(26-20)27-21(28)12-18-13-30-22(25-18)16-3-7-17(24)8-4-16/h3-10,13-14H,2,11-12H2,1H3,(H,26,27,28). The minimum absolute atomic E-state index is 0.149. The number of thiazole rings is 2. The molecule has 0 unspecified atom stereocenters. The molecule has 0 spiro atoms. The van der Waals surface area contributed by atoms with Gasteiger partial charge in [-0.25, -0.2) is 14.4 Å². The van der Waals surface area contributed by atoms with E-state index in [2.05, 4.69) is 22.2 Å². The third-order valence-electron chi connectivity index (χ3n) is 4.36. The lowest BCUT2D eigenvalue weighted by molar-refractivity contribution is -0.115. The number of carbonyl (C=O) groups is 1. The summed E-state index contributed by atoms with van der Waals surface area (Å²) < 4.78 is 18.7. The quantitative estimate of drug-likeness (QED) is 0.353. The Bertz CT molecular complexity index is 1150. The average Bonchev–Trinajstić information content (AvgIpc) is 3.43. The summed E-state index contributed by atoms with van der Waals surface area (Å²) in [7, 11) is 0. The van der Waals surface area contributed by atoms with E-state index in [-0.39, 0.29) is 18.1 Å². The van der Waals surface area contributed by atoms with E-state index in [4.69, 9.17) is 4.74 Å². The number of hydrogen-bond donors (Lipinski definition) is 1. The van der Waals surface area contributed by atoms with Gasteiger partial charge in [0.15, 0.2) is 5.13 Å². The van der Waals surface area contributed by atoms with Crippen LogP contribution in [0, 0.1) is 5.82 Å². The van der Waals surface area contributed by atoms with Crippen LogP contribution in [0.15, 0.2) is 59.3 Å². The van der Waals surface area contributed by atoms with Gasteiger partial charge in [-0.2, -0.15) is 0 Å². The molecule has 8 heteroatoms. The molecule has 0 atom stereocenters. The number of halogens is 1. The summed E-state index contributed by atoms with van der Waals surface area (Å²) in [5.41, 5.74) is 3.26. The van der Waals surface area contributed by atoms with Gasteiger partial charge in [0.05, 0.1) is 24.4 Å². The number of benzene rings is 2. The molecule has 5 nitrogen and oxygen atoms in total. The van der Waals surface area contributed by atoms with Gasteiger partial charge in [0.25, 0.3) is 0 Å². The molecule has 0 aliphatic rings. The predicted molar refractivity (Wildman–Crippen MR) is 123 cm³/mol. The van der Waals surface area contributed by atoms with Crippen molar-refractivity contribution in [3.8, 4) is 27.6 Å². The zero-order valence-electron chi connectivity index (χ0n) is 16.8. The molecule has 31 heavy (non-hydrogen) atoms. The van der Waals surface area contributed by atoms with Gasteiger partial charge in [-0.05, 0) is 55.0 Å². The lowest BCUT2D eigenvalue weighted by Crippen LogP contribution is -2.14. The van der Waals surface area contributed by atoms with E-state index in [1.807, 2.05) is 35.0 Å². The van der Waals surface area contributed by atoms with Crippen LogP contribution in [0.25, 0.3) is 21.8 Å². The van der Waals surface area contributed by atoms with Crippen LogP contribution < -0.4 is 10.1 Å². The lowest BCUT2D eigenvalue weighted by Gasteiger charge is -2.04. The fourth-order valence-corrected chi connectivity index (χ4v) is 4.41. The Morgan fingerprint density at radius 3 is 2.48 bits per heavy atom. The monoisotopic (exact) mass is 453 g/mol. The van der Waals surface area contributed by atoms with Crippen LogP contribution in [0.4, 0.5) is 9.52 Å². The van der Waals surface area contributed by atoms with Crippen LogP contribution in [-0.4, -0.2) is 22.5 Å². The van der Waals surface area contributed by atoms with Crippen molar-refractivity contribution in [2.24, 2.45) is 0 Å². The highest BCUT2D eigenvalue weighted by Crippen LogP contribution is 2.27. The van der Waals surface area contributed by atoms with Gasteiger partial charge in [0.2, 0.25) is 5.91 Å². The molecule has 0 aliphatic heterocycles. The summed E-state index contributed by atoms with van der Waals surface area (Å²) in [4.78, 5) is 21.4. The van der Waals surface area contributed by atoms with Crippen molar-refractivity contribution < 1.29 is 13.9 Å². The van der Waals surface area contributed by atoms with E-state index in [9.17, 15) is 9.18 Å². The highest BCUT2D eigenvalue weighted by atomic mass is 32.1. The summed E-state index contributed by atoms with van der Waals surface area (Å²) in [6.45, 7) is 2.76. The first-order valence-electron chi connectivity index (χ1n) is 9.79. The smallest absolute Gasteiger partial charge is 0.232 e. The van der Waals surface area contributed by atoms with Crippen molar-refractivity contribution in [3.63, 3.8) is 0 Å². The molecule has 1 amide bonds. The first-order valence-corrected chi connectivity index (χ1v) is 11.6. The number of anilines is 1. The summed E-state index contributed by atoms with van der Waals surface area (Å²) in [6, 6.07) is 13.9. The molecule has 1 N–H and O–H groups in total. The first-order chi connectivity index (χ1) is 15.1. The second-order valence-corrected chi connectivity index (χ2v) is 8.50. The Morgan fingerprint density at radius 2 is 1.74 bits per heavy atom. The number of hydrogen-bond acceptors (Lipinski definition) is 6. The second-order valence-electron chi connectivity index (χ2n) is 6.79. The number of ether oxygens (including phenoxy) is 1. The van der Waals surface area contributed by atoms with Crippen LogP contribution in [0.1, 0.15) is 19.0 Å². The zero-order valence-corrected chi connectivity index (χ0v) is 18.4. The minimum Gasteiger partial charge on any atom is -0.494 e. The van der Waals surface area contributed by atoms with E-state index >= 15 is 0 Å². The summed E-state index contributed by atoms with van der Waals surface area (Å²) >= 11 is 2.80.